The molecule has 0 aliphatic heterocycles. The summed E-state index contributed by atoms with van der Waals surface area (Å²) in [5.74, 6) is -1.57. The first-order valence-corrected chi connectivity index (χ1v) is 4.06. The highest BCUT2D eigenvalue weighted by Crippen LogP contribution is 1.82. The molecule has 0 aromatic heterocycles. The Morgan fingerprint density at radius 3 is 2.64 bits per heavy atom. The Hall–Kier alpha value is -1.61. The highest BCUT2D eigenvalue weighted by Gasteiger charge is 2.14. The van der Waals surface area contributed by atoms with Gasteiger partial charge >= 0.3 is 11.8 Å². The minimum Gasteiger partial charge on any atom is -0.383 e. The van der Waals surface area contributed by atoms with Crippen molar-refractivity contribution in [1.82, 2.24) is 10.6 Å². The van der Waals surface area contributed by atoms with Gasteiger partial charge in [-0.15, -0.1) is 0 Å². The first-order chi connectivity index (χ1) is 6.61. The van der Waals surface area contributed by atoms with E-state index in [4.69, 9.17) is 10.00 Å². The minimum atomic E-state index is -0.811. The van der Waals surface area contributed by atoms with E-state index in [2.05, 4.69) is 10.6 Å². The Kier molecular flexibility index (Phi) is 6.07. The summed E-state index contributed by atoms with van der Waals surface area (Å²) in [7, 11) is 1.50. The zero-order valence-corrected chi connectivity index (χ0v) is 8.16. The number of carbonyl (C=O) groups is 2. The third-order valence-electron chi connectivity index (χ3n) is 1.33. The minimum absolute atomic E-state index is 0.176. The predicted molar refractivity (Wildman–Crippen MR) is 48.1 cm³/mol. The van der Waals surface area contributed by atoms with E-state index < -0.39 is 11.8 Å². The topological polar surface area (TPSA) is 91.2 Å². The molecule has 0 aromatic carbocycles. The van der Waals surface area contributed by atoms with Gasteiger partial charge in [0.15, 0.2) is 0 Å². The monoisotopic (exact) mass is 199 g/mol. The van der Waals surface area contributed by atoms with E-state index in [0.717, 1.165) is 0 Å². The molecule has 0 radical (unpaired) electrons. The summed E-state index contributed by atoms with van der Waals surface area (Å²) in [6, 6.07) is 1.46. The third-order valence-corrected chi connectivity index (χ3v) is 1.33. The van der Waals surface area contributed by atoms with Crippen molar-refractivity contribution in [3.63, 3.8) is 0 Å². The second-order valence-electron chi connectivity index (χ2n) is 2.67. The van der Waals surface area contributed by atoms with Crippen LogP contribution in [-0.4, -0.2) is 38.1 Å². The van der Waals surface area contributed by atoms with Crippen LogP contribution in [0.4, 0.5) is 0 Å². The van der Waals surface area contributed by atoms with Crippen molar-refractivity contribution in [2.45, 2.75) is 13.0 Å². The lowest BCUT2D eigenvalue weighted by Crippen LogP contribution is -2.45. The number of hydrogen-bond acceptors (Lipinski definition) is 4. The number of rotatable bonds is 4. The normalized spacial score (nSPS) is 11.2. The van der Waals surface area contributed by atoms with Gasteiger partial charge in [0.25, 0.3) is 0 Å². The molecule has 6 nitrogen and oxygen atoms in total. The van der Waals surface area contributed by atoms with Crippen molar-refractivity contribution in [2.75, 3.05) is 20.3 Å². The van der Waals surface area contributed by atoms with Gasteiger partial charge in [0.1, 0.15) is 6.54 Å². The smallest absolute Gasteiger partial charge is 0.310 e. The number of nitrogens with one attached hydrogen (secondary N) is 2. The van der Waals surface area contributed by atoms with Gasteiger partial charge in [-0.3, -0.25) is 9.59 Å². The number of nitriles is 1. The SMILES string of the molecule is COCC(C)NC(=O)C(=O)NCC#N. The van der Waals surface area contributed by atoms with Gasteiger partial charge in [0, 0.05) is 13.2 Å². The second-order valence-corrected chi connectivity index (χ2v) is 2.67. The number of ether oxygens (including phenoxy) is 1. The molecule has 0 saturated carbocycles. The summed E-state index contributed by atoms with van der Waals surface area (Å²) in [5, 5.41) is 12.7. The van der Waals surface area contributed by atoms with Crippen LogP contribution in [0, 0.1) is 11.3 Å². The Balaban J connectivity index is 3.84. The molecule has 0 heterocycles. The molecule has 78 valence electrons. The highest BCUT2D eigenvalue weighted by atomic mass is 16.5. The highest BCUT2D eigenvalue weighted by molar-refractivity contribution is 6.35. The van der Waals surface area contributed by atoms with Crippen LogP contribution in [0.3, 0.4) is 0 Å². The van der Waals surface area contributed by atoms with E-state index in [0.29, 0.717) is 6.61 Å². The summed E-state index contributed by atoms with van der Waals surface area (Å²) >= 11 is 0. The lowest BCUT2D eigenvalue weighted by molar-refractivity contribution is -0.139. The van der Waals surface area contributed by atoms with Gasteiger partial charge in [0.2, 0.25) is 0 Å². The lowest BCUT2D eigenvalue weighted by atomic mass is 10.3. The molecule has 0 aromatic rings. The maximum absolute atomic E-state index is 11.0. The van der Waals surface area contributed by atoms with Gasteiger partial charge < -0.3 is 15.4 Å². The van der Waals surface area contributed by atoms with Crippen LogP contribution >= 0.6 is 0 Å². The molecule has 0 bridgehead atoms. The molecule has 1 atom stereocenters. The van der Waals surface area contributed by atoms with Crippen LogP contribution in [0.25, 0.3) is 0 Å². The van der Waals surface area contributed by atoms with Gasteiger partial charge in [-0.1, -0.05) is 0 Å². The van der Waals surface area contributed by atoms with Crippen molar-refractivity contribution in [3.05, 3.63) is 0 Å². The average Bonchev–Trinajstić information content (AvgIpc) is 2.14. The summed E-state index contributed by atoms with van der Waals surface area (Å²) in [6.07, 6.45) is 0. The fraction of sp³-hybridized carbons (Fsp3) is 0.625. The van der Waals surface area contributed by atoms with E-state index in [1.807, 2.05) is 0 Å². The number of amides is 2. The number of nitrogens with zero attached hydrogens (tertiary/aromatic N) is 1. The van der Waals surface area contributed by atoms with Crippen LogP contribution in [0.15, 0.2) is 0 Å². The quantitative estimate of drug-likeness (QED) is 0.438. The van der Waals surface area contributed by atoms with Crippen LogP contribution in [0.1, 0.15) is 6.92 Å². The Bertz CT molecular complexity index is 247. The zero-order valence-electron chi connectivity index (χ0n) is 8.16. The maximum Gasteiger partial charge on any atom is 0.310 e. The van der Waals surface area contributed by atoms with Crippen LogP contribution < -0.4 is 10.6 Å². The standard InChI is InChI=1S/C8H13N3O3/c1-6(5-14-2)11-8(13)7(12)10-4-3-9/h6H,4-5H2,1-2H3,(H,10,12)(H,11,13). The molecule has 6 heteroatoms. The first kappa shape index (κ1) is 12.4. The molecule has 1 unspecified atom stereocenters. The van der Waals surface area contributed by atoms with Crippen molar-refractivity contribution in [2.24, 2.45) is 0 Å². The van der Waals surface area contributed by atoms with Crippen LogP contribution in [0.5, 0.6) is 0 Å². The van der Waals surface area contributed by atoms with E-state index in [-0.39, 0.29) is 12.6 Å². The summed E-state index contributed by atoms with van der Waals surface area (Å²) in [6.45, 7) is 1.86. The summed E-state index contributed by atoms with van der Waals surface area (Å²) < 4.78 is 4.77. The molecular weight excluding hydrogens is 186 g/mol. The number of methoxy groups -OCH3 is 1. The Labute approximate surface area is 82.2 Å². The van der Waals surface area contributed by atoms with E-state index in [1.165, 1.54) is 7.11 Å². The molecule has 0 aliphatic rings. The molecule has 0 rings (SSSR count). The average molecular weight is 199 g/mol. The van der Waals surface area contributed by atoms with Gasteiger partial charge in [0.05, 0.1) is 12.7 Å². The molecule has 2 N–H and O–H groups in total. The van der Waals surface area contributed by atoms with E-state index in [1.54, 1.807) is 13.0 Å². The fourth-order valence-electron chi connectivity index (χ4n) is 0.781. The van der Waals surface area contributed by atoms with Crippen LogP contribution in [-0.2, 0) is 14.3 Å². The second kappa shape index (κ2) is 6.86. The van der Waals surface area contributed by atoms with Crippen molar-refractivity contribution in [3.8, 4) is 6.07 Å². The Morgan fingerprint density at radius 2 is 2.14 bits per heavy atom. The molecule has 0 spiro atoms. The van der Waals surface area contributed by atoms with Gasteiger partial charge in [-0.25, -0.2) is 0 Å². The molecule has 14 heavy (non-hydrogen) atoms. The van der Waals surface area contributed by atoms with E-state index >= 15 is 0 Å². The molecule has 0 fully saturated rings. The largest absolute Gasteiger partial charge is 0.383 e. The maximum atomic E-state index is 11.0. The van der Waals surface area contributed by atoms with Crippen LogP contribution in [0.2, 0.25) is 0 Å². The lowest BCUT2D eigenvalue weighted by Gasteiger charge is -2.11. The number of carbonyl (C=O) groups excluding carboxylic acids is 2. The van der Waals surface area contributed by atoms with Gasteiger partial charge in [-0.05, 0) is 6.92 Å². The van der Waals surface area contributed by atoms with E-state index in [9.17, 15) is 9.59 Å². The third kappa shape index (κ3) is 5.11. The number of hydrogen-bond donors (Lipinski definition) is 2. The van der Waals surface area contributed by atoms with Crippen molar-refractivity contribution < 1.29 is 14.3 Å². The van der Waals surface area contributed by atoms with Gasteiger partial charge in [-0.2, -0.15) is 5.26 Å². The molecule has 0 aliphatic carbocycles. The van der Waals surface area contributed by atoms with Crippen molar-refractivity contribution in [1.29, 1.82) is 5.26 Å². The fourth-order valence-corrected chi connectivity index (χ4v) is 0.781. The van der Waals surface area contributed by atoms with Crippen molar-refractivity contribution >= 4 is 11.8 Å². The molecule has 2 amide bonds. The molecular formula is C8H13N3O3. The summed E-state index contributed by atoms with van der Waals surface area (Å²) in [5.41, 5.74) is 0. The summed E-state index contributed by atoms with van der Waals surface area (Å²) in [4.78, 5) is 22.0. The predicted octanol–water partition coefficient (Wildman–Crippen LogP) is -1.22. The Morgan fingerprint density at radius 1 is 1.50 bits per heavy atom. The zero-order chi connectivity index (χ0) is 11.0. The molecule has 0 saturated heterocycles. The first-order valence-electron chi connectivity index (χ1n) is 4.06.